The standard InChI is InChI=1S/C10H10N2O2S/c13-10-6-15-9-2-1-7(3-4-11-14)5-8(9)12-10/h1-2,4-5,14H,3,6H2,(H,12,13)/b11-4-. The molecule has 2 rings (SSSR count). The van der Waals surface area contributed by atoms with Gasteiger partial charge in [0.15, 0.2) is 0 Å². The van der Waals surface area contributed by atoms with Crippen LogP contribution in [0.3, 0.4) is 0 Å². The molecule has 5 heteroatoms. The molecule has 0 spiro atoms. The Morgan fingerprint density at radius 3 is 3.27 bits per heavy atom. The number of carbonyl (C=O) groups excluding carboxylic acids is 1. The van der Waals surface area contributed by atoms with Gasteiger partial charge in [0.05, 0.1) is 11.4 Å². The second kappa shape index (κ2) is 4.35. The zero-order chi connectivity index (χ0) is 10.7. The van der Waals surface area contributed by atoms with Crippen molar-refractivity contribution >= 4 is 29.6 Å². The van der Waals surface area contributed by atoms with Crippen LogP contribution in [0.5, 0.6) is 0 Å². The van der Waals surface area contributed by atoms with E-state index in [0.29, 0.717) is 12.2 Å². The summed E-state index contributed by atoms with van der Waals surface area (Å²) >= 11 is 1.53. The van der Waals surface area contributed by atoms with Gasteiger partial charge in [-0.3, -0.25) is 4.79 Å². The number of thioether (sulfide) groups is 1. The average molecular weight is 222 g/mol. The molecule has 0 atom stereocenters. The minimum atomic E-state index is 0.0282. The van der Waals surface area contributed by atoms with E-state index in [1.807, 2.05) is 18.2 Å². The first-order valence-corrected chi connectivity index (χ1v) is 5.49. The minimum absolute atomic E-state index is 0.0282. The summed E-state index contributed by atoms with van der Waals surface area (Å²) in [7, 11) is 0. The molecule has 0 bridgehead atoms. The van der Waals surface area contributed by atoms with Gasteiger partial charge in [-0.05, 0) is 17.7 Å². The second-order valence-corrected chi connectivity index (χ2v) is 4.19. The maximum absolute atomic E-state index is 11.2. The number of hydrogen-bond donors (Lipinski definition) is 2. The van der Waals surface area contributed by atoms with Crippen molar-refractivity contribution in [2.75, 3.05) is 11.1 Å². The summed E-state index contributed by atoms with van der Waals surface area (Å²) in [5.74, 6) is 0.505. The van der Waals surface area contributed by atoms with E-state index in [1.165, 1.54) is 18.0 Å². The van der Waals surface area contributed by atoms with Gasteiger partial charge in [0.25, 0.3) is 0 Å². The van der Waals surface area contributed by atoms with Crippen molar-refractivity contribution in [2.45, 2.75) is 11.3 Å². The summed E-state index contributed by atoms with van der Waals surface area (Å²) in [6, 6.07) is 5.84. The fraction of sp³-hybridized carbons (Fsp3) is 0.200. The number of hydrogen-bond acceptors (Lipinski definition) is 4. The van der Waals surface area contributed by atoms with Gasteiger partial charge in [-0.1, -0.05) is 6.07 Å². The van der Waals surface area contributed by atoms with E-state index >= 15 is 0 Å². The highest BCUT2D eigenvalue weighted by molar-refractivity contribution is 8.00. The number of fused-ring (bicyclic) bond motifs is 1. The third kappa shape index (κ3) is 2.30. The van der Waals surface area contributed by atoms with E-state index in [9.17, 15) is 4.79 Å². The maximum Gasteiger partial charge on any atom is 0.234 e. The number of rotatable bonds is 2. The molecule has 4 nitrogen and oxygen atoms in total. The fourth-order valence-corrected chi connectivity index (χ4v) is 2.19. The van der Waals surface area contributed by atoms with Crippen LogP contribution in [0.4, 0.5) is 5.69 Å². The predicted octanol–water partition coefficient (Wildman–Crippen LogP) is 1.73. The molecule has 0 aliphatic carbocycles. The highest BCUT2D eigenvalue weighted by Gasteiger charge is 2.14. The molecule has 0 saturated heterocycles. The van der Waals surface area contributed by atoms with Gasteiger partial charge < -0.3 is 10.5 Å². The summed E-state index contributed by atoms with van der Waals surface area (Å²) < 4.78 is 0. The molecule has 1 aliphatic rings. The Hall–Kier alpha value is -1.49. The largest absolute Gasteiger partial charge is 0.411 e. The zero-order valence-electron chi connectivity index (χ0n) is 7.93. The monoisotopic (exact) mass is 222 g/mol. The Balaban J connectivity index is 2.24. The molecule has 1 amide bonds. The Morgan fingerprint density at radius 2 is 2.47 bits per heavy atom. The lowest BCUT2D eigenvalue weighted by atomic mass is 10.1. The van der Waals surface area contributed by atoms with Crippen LogP contribution >= 0.6 is 11.8 Å². The van der Waals surface area contributed by atoms with Crippen molar-refractivity contribution in [1.29, 1.82) is 0 Å². The highest BCUT2D eigenvalue weighted by Crippen LogP contribution is 2.31. The molecule has 0 unspecified atom stereocenters. The van der Waals surface area contributed by atoms with Crippen molar-refractivity contribution < 1.29 is 10.0 Å². The lowest BCUT2D eigenvalue weighted by molar-refractivity contribution is -0.113. The predicted molar refractivity (Wildman–Crippen MR) is 59.8 cm³/mol. The van der Waals surface area contributed by atoms with E-state index in [2.05, 4.69) is 10.5 Å². The molecular formula is C10H10N2O2S. The molecule has 1 aliphatic heterocycles. The molecule has 78 valence electrons. The van der Waals surface area contributed by atoms with E-state index in [4.69, 9.17) is 5.21 Å². The normalized spacial score (nSPS) is 15.1. The first-order chi connectivity index (χ1) is 7.29. The number of anilines is 1. The quantitative estimate of drug-likeness (QED) is 0.455. The molecule has 0 aromatic heterocycles. The van der Waals surface area contributed by atoms with Gasteiger partial charge in [-0.2, -0.15) is 0 Å². The van der Waals surface area contributed by atoms with Crippen LogP contribution in [0.15, 0.2) is 28.3 Å². The van der Waals surface area contributed by atoms with Gasteiger partial charge >= 0.3 is 0 Å². The average Bonchev–Trinajstić information content (AvgIpc) is 2.25. The third-order valence-electron chi connectivity index (χ3n) is 2.09. The number of carbonyl (C=O) groups is 1. The van der Waals surface area contributed by atoms with Crippen molar-refractivity contribution in [3.05, 3.63) is 23.8 Å². The molecule has 1 heterocycles. The Kier molecular flexibility index (Phi) is 2.91. The number of nitrogens with zero attached hydrogens (tertiary/aromatic N) is 1. The molecule has 0 fully saturated rings. The van der Waals surface area contributed by atoms with E-state index in [-0.39, 0.29) is 5.91 Å². The van der Waals surface area contributed by atoms with Gasteiger partial charge in [0, 0.05) is 17.5 Å². The van der Waals surface area contributed by atoms with Crippen LogP contribution in [-0.2, 0) is 11.2 Å². The van der Waals surface area contributed by atoms with Crippen LogP contribution < -0.4 is 5.32 Å². The summed E-state index contributed by atoms with van der Waals surface area (Å²) in [6.07, 6.45) is 1.98. The van der Waals surface area contributed by atoms with Gasteiger partial charge in [0.1, 0.15) is 0 Å². The molecule has 1 aromatic carbocycles. The van der Waals surface area contributed by atoms with Crippen LogP contribution in [0.25, 0.3) is 0 Å². The van der Waals surface area contributed by atoms with Crippen molar-refractivity contribution in [2.24, 2.45) is 5.16 Å². The summed E-state index contributed by atoms with van der Waals surface area (Å²) in [5.41, 5.74) is 1.86. The van der Waals surface area contributed by atoms with Crippen molar-refractivity contribution in [3.63, 3.8) is 0 Å². The fourth-order valence-electron chi connectivity index (χ4n) is 1.40. The topological polar surface area (TPSA) is 61.7 Å². The van der Waals surface area contributed by atoms with Crippen LogP contribution in [0, 0.1) is 0 Å². The summed E-state index contributed by atoms with van der Waals surface area (Å²) in [5, 5.41) is 14.1. The lowest BCUT2D eigenvalue weighted by Crippen LogP contribution is -2.18. The SMILES string of the molecule is O=C1CSc2ccc(C/C=N\O)cc2N1. The van der Waals surface area contributed by atoms with Gasteiger partial charge in [-0.25, -0.2) is 0 Å². The zero-order valence-corrected chi connectivity index (χ0v) is 8.75. The van der Waals surface area contributed by atoms with Crippen molar-refractivity contribution in [3.8, 4) is 0 Å². The molecule has 1 aromatic rings. The summed E-state index contributed by atoms with van der Waals surface area (Å²) in [6.45, 7) is 0. The Morgan fingerprint density at radius 1 is 1.60 bits per heavy atom. The first-order valence-electron chi connectivity index (χ1n) is 4.51. The smallest absolute Gasteiger partial charge is 0.234 e. The number of nitrogens with one attached hydrogen (secondary N) is 1. The number of benzene rings is 1. The van der Waals surface area contributed by atoms with E-state index < -0.39 is 0 Å². The van der Waals surface area contributed by atoms with Crippen molar-refractivity contribution in [1.82, 2.24) is 0 Å². The van der Waals surface area contributed by atoms with Gasteiger partial charge in [-0.15, -0.1) is 16.9 Å². The molecule has 15 heavy (non-hydrogen) atoms. The highest BCUT2D eigenvalue weighted by atomic mass is 32.2. The van der Waals surface area contributed by atoms with Crippen LogP contribution in [0.1, 0.15) is 5.56 Å². The molecule has 2 N–H and O–H groups in total. The van der Waals surface area contributed by atoms with E-state index in [1.54, 1.807) is 0 Å². The van der Waals surface area contributed by atoms with Crippen LogP contribution in [0.2, 0.25) is 0 Å². The van der Waals surface area contributed by atoms with Crippen LogP contribution in [-0.4, -0.2) is 23.1 Å². The molecular weight excluding hydrogens is 212 g/mol. The summed E-state index contributed by atoms with van der Waals surface area (Å²) in [4.78, 5) is 12.2. The molecule has 0 saturated carbocycles. The lowest BCUT2D eigenvalue weighted by Gasteiger charge is -2.16. The molecule has 0 radical (unpaired) electrons. The first kappa shape index (κ1) is 10.0. The van der Waals surface area contributed by atoms with Gasteiger partial charge in [0.2, 0.25) is 5.91 Å². The Bertz CT molecular complexity index is 418. The van der Waals surface area contributed by atoms with E-state index in [0.717, 1.165) is 16.1 Å². The number of amides is 1. The number of oxime groups is 1. The Labute approximate surface area is 91.4 Å². The second-order valence-electron chi connectivity index (χ2n) is 3.17. The maximum atomic E-state index is 11.2. The minimum Gasteiger partial charge on any atom is -0.411 e. The third-order valence-corrected chi connectivity index (χ3v) is 3.16.